The number of anilines is 1. The fourth-order valence-electron chi connectivity index (χ4n) is 1.83. The molecule has 0 aliphatic heterocycles. The highest BCUT2D eigenvalue weighted by molar-refractivity contribution is 6.42. The molecule has 2 rings (SSSR count). The molecular formula is C16H14Cl2N2O2. The molecule has 0 fully saturated rings. The molecule has 0 atom stereocenters. The van der Waals surface area contributed by atoms with Gasteiger partial charge in [-0.2, -0.15) is 10.1 Å². The van der Waals surface area contributed by atoms with Gasteiger partial charge in [-0.3, -0.25) is 4.79 Å². The first-order valence-electron chi connectivity index (χ1n) is 6.49. The molecule has 22 heavy (non-hydrogen) atoms. The van der Waals surface area contributed by atoms with Crippen molar-refractivity contribution in [1.29, 1.82) is 0 Å². The van der Waals surface area contributed by atoms with Gasteiger partial charge in [-0.05, 0) is 49.4 Å². The molecule has 0 heterocycles. The number of amides is 1. The van der Waals surface area contributed by atoms with Crippen LogP contribution in [0.2, 0.25) is 10.0 Å². The zero-order chi connectivity index (χ0) is 16.1. The molecule has 114 valence electrons. The largest absolute Gasteiger partial charge is 0.497 e. The third kappa shape index (κ3) is 3.59. The molecule has 0 aromatic heterocycles. The van der Waals surface area contributed by atoms with Gasteiger partial charge in [-0.25, -0.2) is 0 Å². The molecule has 0 aliphatic rings. The molecule has 0 bridgehead atoms. The van der Waals surface area contributed by atoms with E-state index in [2.05, 4.69) is 5.10 Å². The summed E-state index contributed by atoms with van der Waals surface area (Å²) >= 11 is 11.8. The van der Waals surface area contributed by atoms with Gasteiger partial charge in [0.2, 0.25) is 0 Å². The van der Waals surface area contributed by atoms with Crippen molar-refractivity contribution in [2.75, 3.05) is 12.1 Å². The highest BCUT2D eigenvalue weighted by atomic mass is 35.5. The molecule has 0 N–H and O–H groups in total. The van der Waals surface area contributed by atoms with Crippen molar-refractivity contribution in [2.45, 2.75) is 6.92 Å². The van der Waals surface area contributed by atoms with Crippen molar-refractivity contribution in [3.63, 3.8) is 0 Å². The standard InChI is InChI=1S/C16H14Cl2N2O2/c1-3-19-20(12-5-7-13(22-2)8-6-12)16(21)11-4-9-14(17)15(18)10-11/h3-10H,1-2H3. The third-order valence-corrected chi connectivity index (χ3v) is 3.65. The van der Waals surface area contributed by atoms with Crippen molar-refractivity contribution in [2.24, 2.45) is 5.10 Å². The fourth-order valence-corrected chi connectivity index (χ4v) is 2.12. The van der Waals surface area contributed by atoms with Gasteiger partial charge in [0.05, 0.1) is 22.8 Å². The van der Waals surface area contributed by atoms with Crippen molar-refractivity contribution in [1.82, 2.24) is 0 Å². The van der Waals surface area contributed by atoms with Gasteiger partial charge < -0.3 is 4.74 Å². The number of hydrazone groups is 1. The number of ether oxygens (including phenoxy) is 1. The summed E-state index contributed by atoms with van der Waals surface area (Å²) in [5.41, 5.74) is 1.02. The number of benzene rings is 2. The molecular weight excluding hydrogens is 323 g/mol. The van der Waals surface area contributed by atoms with Crippen LogP contribution in [0.1, 0.15) is 17.3 Å². The van der Waals surface area contributed by atoms with Gasteiger partial charge in [-0.1, -0.05) is 23.2 Å². The summed E-state index contributed by atoms with van der Waals surface area (Å²) in [6.45, 7) is 1.73. The fraction of sp³-hybridized carbons (Fsp3) is 0.125. The number of hydrogen-bond donors (Lipinski definition) is 0. The predicted molar refractivity (Wildman–Crippen MR) is 90.4 cm³/mol. The van der Waals surface area contributed by atoms with Crippen LogP contribution in [0.3, 0.4) is 0 Å². The summed E-state index contributed by atoms with van der Waals surface area (Å²) in [5, 5.41) is 6.13. The molecule has 0 saturated heterocycles. The van der Waals surface area contributed by atoms with Crippen LogP contribution in [-0.4, -0.2) is 19.2 Å². The lowest BCUT2D eigenvalue weighted by molar-refractivity contribution is 0.0988. The molecule has 0 unspecified atom stereocenters. The molecule has 6 heteroatoms. The second-order valence-corrected chi connectivity index (χ2v) is 5.13. The molecule has 0 saturated carbocycles. The number of halogens is 2. The average molecular weight is 337 g/mol. The minimum atomic E-state index is -0.304. The van der Waals surface area contributed by atoms with E-state index in [0.717, 1.165) is 0 Å². The van der Waals surface area contributed by atoms with E-state index in [1.54, 1.807) is 56.6 Å². The first-order valence-corrected chi connectivity index (χ1v) is 7.24. The van der Waals surface area contributed by atoms with E-state index in [0.29, 0.717) is 27.0 Å². The molecule has 0 aliphatic carbocycles. The Bertz CT molecular complexity index is 700. The van der Waals surface area contributed by atoms with Gasteiger partial charge in [0.15, 0.2) is 0 Å². The Morgan fingerprint density at radius 3 is 2.36 bits per heavy atom. The van der Waals surface area contributed by atoms with Crippen LogP contribution in [0, 0.1) is 0 Å². The van der Waals surface area contributed by atoms with Gasteiger partial charge in [0.25, 0.3) is 5.91 Å². The summed E-state index contributed by atoms with van der Waals surface area (Å²) in [4.78, 5) is 12.6. The Kier molecular flexibility index (Phi) is 5.41. The van der Waals surface area contributed by atoms with Crippen molar-refractivity contribution < 1.29 is 9.53 Å². The quantitative estimate of drug-likeness (QED) is 0.602. The molecule has 0 radical (unpaired) electrons. The lowest BCUT2D eigenvalue weighted by Gasteiger charge is -2.17. The first-order chi connectivity index (χ1) is 10.6. The van der Waals surface area contributed by atoms with Crippen LogP contribution >= 0.6 is 23.2 Å². The van der Waals surface area contributed by atoms with Gasteiger partial charge in [0, 0.05) is 11.8 Å². The molecule has 2 aromatic rings. The van der Waals surface area contributed by atoms with E-state index in [4.69, 9.17) is 27.9 Å². The lowest BCUT2D eigenvalue weighted by Crippen LogP contribution is -2.25. The monoisotopic (exact) mass is 336 g/mol. The Morgan fingerprint density at radius 1 is 1.14 bits per heavy atom. The zero-order valence-electron chi connectivity index (χ0n) is 12.1. The van der Waals surface area contributed by atoms with E-state index in [9.17, 15) is 4.79 Å². The van der Waals surface area contributed by atoms with Crippen LogP contribution in [0.15, 0.2) is 47.6 Å². The highest BCUT2D eigenvalue weighted by Crippen LogP contribution is 2.25. The van der Waals surface area contributed by atoms with E-state index < -0.39 is 0 Å². The summed E-state index contributed by atoms with van der Waals surface area (Å²) in [5.74, 6) is 0.396. The van der Waals surface area contributed by atoms with Gasteiger partial charge in [0.1, 0.15) is 5.75 Å². The maximum Gasteiger partial charge on any atom is 0.278 e. The van der Waals surface area contributed by atoms with E-state index in [1.165, 1.54) is 11.1 Å². The summed E-state index contributed by atoms with van der Waals surface area (Å²) in [7, 11) is 1.58. The molecule has 1 amide bonds. The summed E-state index contributed by atoms with van der Waals surface area (Å²) < 4.78 is 5.11. The molecule has 4 nitrogen and oxygen atoms in total. The number of carbonyl (C=O) groups excluding carboxylic acids is 1. The molecule has 2 aromatic carbocycles. The van der Waals surface area contributed by atoms with Crippen LogP contribution in [0.5, 0.6) is 5.75 Å². The maximum atomic E-state index is 12.6. The Balaban J connectivity index is 2.37. The second kappa shape index (κ2) is 7.29. The second-order valence-electron chi connectivity index (χ2n) is 4.32. The van der Waals surface area contributed by atoms with E-state index in [1.807, 2.05) is 0 Å². The van der Waals surface area contributed by atoms with Crippen LogP contribution in [0.4, 0.5) is 5.69 Å². The van der Waals surface area contributed by atoms with Gasteiger partial charge >= 0.3 is 0 Å². The zero-order valence-corrected chi connectivity index (χ0v) is 13.6. The normalized spacial score (nSPS) is 10.7. The lowest BCUT2D eigenvalue weighted by atomic mass is 10.2. The van der Waals surface area contributed by atoms with Crippen LogP contribution in [0.25, 0.3) is 0 Å². The smallest absolute Gasteiger partial charge is 0.278 e. The minimum absolute atomic E-state index is 0.304. The summed E-state index contributed by atoms with van der Waals surface area (Å²) in [6, 6.07) is 11.7. The van der Waals surface area contributed by atoms with Crippen molar-refractivity contribution in [3.05, 3.63) is 58.1 Å². The van der Waals surface area contributed by atoms with Crippen LogP contribution < -0.4 is 9.75 Å². The first kappa shape index (κ1) is 16.3. The highest BCUT2D eigenvalue weighted by Gasteiger charge is 2.18. The Labute approximate surface area is 138 Å². The SMILES string of the molecule is CC=NN(C(=O)c1ccc(Cl)c(Cl)c1)c1ccc(OC)cc1. The van der Waals surface area contributed by atoms with Crippen molar-refractivity contribution >= 4 is 41.0 Å². The number of carbonyl (C=O) groups is 1. The van der Waals surface area contributed by atoms with Crippen molar-refractivity contribution in [3.8, 4) is 5.75 Å². The summed E-state index contributed by atoms with van der Waals surface area (Å²) in [6.07, 6.45) is 1.54. The Morgan fingerprint density at radius 2 is 1.82 bits per heavy atom. The number of rotatable bonds is 4. The van der Waals surface area contributed by atoms with Gasteiger partial charge in [-0.15, -0.1) is 0 Å². The average Bonchev–Trinajstić information content (AvgIpc) is 2.55. The maximum absolute atomic E-state index is 12.6. The minimum Gasteiger partial charge on any atom is -0.497 e. The topological polar surface area (TPSA) is 41.9 Å². The number of nitrogens with zero attached hydrogens (tertiary/aromatic N) is 2. The van der Waals surface area contributed by atoms with Crippen LogP contribution in [-0.2, 0) is 0 Å². The number of methoxy groups -OCH3 is 1. The Hall–Kier alpha value is -2.04. The third-order valence-electron chi connectivity index (χ3n) is 2.91. The number of hydrogen-bond acceptors (Lipinski definition) is 3. The predicted octanol–water partition coefficient (Wildman–Crippen LogP) is 4.65. The van der Waals surface area contributed by atoms with E-state index >= 15 is 0 Å². The molecule has 0 spiro atoms. The van der Waals surface area contributed by atoms with E-state index in [-0.39, 0.29) is 5.91 Å².